The molecule has 0 saturated carbocycles. The molecule has 0 spiro atoms. The molecule has 0 radical (unpaired) electrons. The average molecular weight is 283 g/mol. The van der Waals surface area contributed by atoms with Crippen molar-refractivity contribution in [2.75, 3.05) is 12.8 Å². The van der Waals surface area contributed by atoms with Crippen molar-refractivity contribution < 1.29 is 14.3 Å². The number of hydrogen-bond donors (Lipinski definition) is 1. The van der Waals surface area contributed by atoms with E-state index in [9.17, 15) is 4.79 Å². The number of methoxy groups -OCH3 is 1. The monoisotopic (exact) mass is 283 g/mol. The molecule has 0 aliphatic rings. The summed E-state index contributed by atoms with van der Waals surface area (Å²) in [5, 5.41) is 9.00. The van der Waals surface area contributed by atoms with Gasteiger partial charge in [-0.3, -0.25) is 0 Å². The van der Waals surface area contributed by atoms with Gasteiger partial charge in [-0.1, -0.05) is 6.07 Å². The van der Waals surface area contributed by atoms with Gasteiger partial charge in [-0.2, -0.15) is 5.26 Å². The molecule has 6 heteroatoms. The van der Waals surface area contributed by atoms with Gasteiger partial charge in [0.2, 0.25) is 0 Å². The van der Waals surface area contributed by atoms with Crippen LogP contribution in [0.25, 0.3) is 0 Å². The highest BCUT2D eigenvalue weighted by Gasteiger charge is 2.13. The maximum atomic E-state index is 11.9. The highest BCUT2D eigenvalue weighted by molar-refractivity contribution is 5.92. The molecule has 0 bridgehead atoms. The minimum Gasteiger partial charge on any atom is -0.495 e. The first-order valence-electron chi connectivity index (χ1n) is 6.10. The number of nitrogens with two attached hydrogens (primary N) is 1. The maximum absolute atomic E-state index is 11.9. The maximum Gasteiger partial charge on any atom is 0.359 e. The number of hydrogen-bond acceptors (Lipinski definition) is 6. The van der Waals surface area contributed by atoms with Crippen LogP contribution in [0.15, 0.2) is 36.5 Å². The molecule has 1 heterocycles. The second kappa shape index (κ2) is 6.39. The number of carbonyl (C=O) groups excluding carboxylic acids is 1. The van der Waals surface area contributed by atoms with E-state index in [2.05, 4.69) is 4.98 Å². The zero-order valence-corrected chi connectivity index (χ0v) is 11.4. The smallest absolute Gasteiger partial charge is 0.359 e. The Morgan fingerprint density at radius 1 is 1.43 bits per heavy atom. The van der Waals surface area contributed by atoms with E-state index in [1.54, 1.807) is 30.3 Å². The van der Waals surface area contributed by atoms with E-state index in [1.807, 2.05) is 6.07 Å². The fourth-order valence-corrected chi connectivity index (χ4v) is 1.74. The number of pyridine rings is 1. The van der Waals surface area contributed by atoms with Crippen molar-refractivity contribution in [2.45, 2.75) is 6.61 Å². The first kappa shape index (κ1) is 14.3. The molecular formula is C15H13N3O3. The Morgan fingerprint density at radius 3 is 2.90 bits per heavy atom. The third-order valence-corrected chi connectivity index (χ3v) is 2.79. The number of benzene rings is 1. The lowest BCUT2D eigenvalue weighted by molar-refractivity contribution is 0.0467. The number of esters is 1. The Balaban J connectivity index is 2.09. The van der Waals surface area contributed by atoms with Crippen LogP contribution in [0, 0.1) is 11.3 Å². The molecule has 0 fully saturated rings. The fourth-order valence-electron chi connectivity index (χ4n) is 1.74. The van der Waals surface area contributed by atoms with Gasteiger partial charge in [0.15, 0.2) is 5.69 Å². The van der Waals surface area contributed by atoms with E-state index in [4.69, 9.17) is 20.5 Å². The van der Waals surface area contributed by atoms with Crippen LogP contribution in [0.3, 0.4) is 0 Å². The molecule has 0 aliphatic heterocycles. The van der Waals surface area contributed by atoms with E-state index in [-0.39, 0.29) is 18.0 Å². The molecular weight excluding hydrogens is 270 g/mol. The molecule has 0 aliphatic carbocycles. The van der Waals surface area contributed by atoms with Crippen molar-refractivity contribution >= 4 is 11.7 Å². The number of rotatable bonds is 4. The third-order valence-electron chi connectivity index (χ3n) is 2.79. The van der Waals surface area contributed by atoms with Crippen LogP contribution < -0.4 is 10.5 Å². The number of carbonyl (C=O) groups is 1. The summed E-state index contributed by atoms with van der Waals surface area (Å²) in [6.45, 7) is 0.0214. The van der Waals surface area contributed by atoms with Gasteiger partial charge in [0.05, 0.1) is 18.4 Å². The normalized spacial score (nSPS) is 9.71. The van der Waals surface area contributed by atoms with Crippen molar-refractivity contribution in [3.8, 4) is 11.8 Å². The largest absolute Gasteiger partial charge is 0.495 e. The molecule has 21 heavy (non-hydrogen) atoms. The summed E-state index contributed by atoms with van der Waals surface area (Å²) in [5.74, 6) is -0.135. The van der Waals surface area contributed by atoms with E-state index < -0.39 is 5.97 Å². The molecule has 1 aromatic carbocycles. The van der Waals surface area contributed by atoms with Gasteiger partial charge < -0.3 is 15.2 Å². The molecule has 2 rings (SSSR count). The second-order valence-electron chi connectivity index (χ2n) is 4.16. The molecule has 6 nitrogen and oxygen atoms in total. The Bertz CT molecular complexity index is 708. The summed E-state index contributed by atoms with van der Waals surface area (Å²) in [4.78, 5) is 15.7. The van der Waals surface area contributed by atoms with Crippen LogP contribution in [0.1, 0.15) is 21.6 Å². The molecule has 106 valence electrons. The molecule has 0 saturated heterocycles. The van der Waals surface area contributed by atoms with Crippen molar-refractivity contribution in [1.82, 2.24) is 4.98 Å². The van der Waals surface area contributed by atoms with Crippen LogP contribution in [-0.2, 0) is 11.3 Å². The van der Waals surface area contributed by atoms with Gasteiger partial charge in [0, 0.05) is 6.20 Å². The first-order valence-corrected chi connectivity index (χ1v) is 6.10. The Hall–Kier alpha value is -3.07. The van der Waals surface area contributed by atoms with Crippen LogP contribution in [0.4, 0.5) is 5.69 Å². The Kier molecular flexibility index (Phi) is 4.36. The molecule has 0 atom stereocenters. The highest BCUT2D eigenvalue weighted by atomic mass is 16.5. The van der Waals surface area contributed by atoms with Crippen molar-refractivity contribution in [3.05, 3.63) is 53.3 Å². The first-order chi connectivity index (χ1) is 10.2. The number of ether oxygens (including phenoxy) is 2. The lowest BCUT2D eigenvalue weighted by Crippen LogP contribution is -2.10. The summed E-state index contributed by atoms with van der Waals surface area (Å²) in [6, 6.07) is 10.2. The van der Waals surface area contributed by atoms with E-state index >= 15 is 0 Å². The molecule has 2 N–H and O–H groups in total. The third kappa shape index (κ3) is 3.28. The highest BCUT2D eigenvalue weighted by Crippen LogP contribution is 2.19. The minimum absolute atomic E-state index is 0.0214. The molecule has 1 aromatic heterocycles. The lowest BCUT2D eigenvalue weighted by atomic mass is 10.1. The van der Waals surface area contributed by atoms with Gasteiger partial charge in [-0.25, -0.2) is 9.78 Å². The standard InChI is InChI=1S/C15H13N3O3/c1-20-13-5-4-10(7-11(13)8-16)9-21-15(19)14-12(17)3-2-6-18-14/h2-7H,9,17H2,1H3. The van der Waals surface area contributed by atoms with Gasteiger partial charge in [0.25, 0.3) is 0 Å². The average Bonchev–Trinajstić information content (AvgIpc) is 2.52. The molecule has 2 aromatic rings. The van der Waals surface area contributed by atoms with Crippen LogP contribution in [0.2, 0.25) is 0 Å². The Labute approximate surface area is 121 Å². The second-order valence-corrected chi connectivity index (χ2v) is 4.16. The van der Waals surface area contributed by atoms with Crippen LogP contribution >= 0.6 is 0 Å². The van der Waals surface area contributed by atoms with Crippen molar-refractivity contribution in [1.29, 1.82) is 5.26 Å². The summed E-state index contributed by atoms with van der Waals surface area (Å²) < 4.78 is 10.2. The lowest BCUT2D eigenvalue weighted by Gasteiger charge is -2.08. The van der Waals surface area contributed by atoms with Gasteiger partial charge in [-0.05, 0) is 29.8 Å². The van der Waals surface area contributed by atoms with Crippen molar-refractivity contribution in [2.24, 2.45) is 0 Å². The van der Waals surface area contributed by atoms with Crippen LogP contribution in [-0.4, -0.2) is 18.1 Å². The fraction of sp³-hybridized carbons (Fsp3) is 0.133. The SMILES string of the molecule is COc1ccc(COC(=O)c2ncccc2N)cc1C#N. The number of nitrogens with zero attached hydrogens (tertiary/aromatic N) is 2. The predicted octanol–water partition coefficient (Wildman–Crippen LogP) is 1.90. The van der Waals surface area contributed by atoms with E-state index in [0.29, 0.717) is 16.9 Å². The zero-order chi connectivity index (χ0) is 15.2. The minimum atomic E-state index is -0.609. The molecule has 0 unspecified atom stereocenters. The quantitative estimate of drug-likeness (QED) is 0.860. The number of nitriles is 1. The van der Waals surface area contributed by atoms with Crippen LogP contribution in [0.5, 0.6) is 5.75 Å². The van der Waals surface area contributed by atoms with Gasteiger partial charge in [-0.15, -0.1) is 0 Å². The topological polar surface area (TPSA) is 98.2 Å². The Morgan fingerprint density at radius 2 is 2.24 bits per heavy atom. The summed E-state index contributed by atoms with van der Waals surface area (Å²) >= 11 is 0. The predicted molar refractivity (Wildman–Crippen MR) is 75.5 cm³/mol. The number of anilines is 1. The zero-order valence-electron chi connectivity index (χ0n) is 11.4. The number of aromatic nitrogens is 1. The van der Waals surface area contributed by atoms with Gasteiger partial charge >= 0.3 is 5.97 Å². The molecule has 0 amide bonds. The van der Waals surface area contributed by atoms with E-state index in [1.165, 1.54) is 13.3 Å². The summed E-state index contributed by atoms with van der Waals surface area (Å²) in [6.07, 6.45) is 1.47. The van der Waals surface area contributed by atoms with Gasteiger partial charge in [0.1, 0.15) is 18.4 Å². The number of nitrogen functional groups attached to an aromatic ring is 1. The summed E-state index contributed by atoms with van der Waals surface area (Å²) in [7, 11) is 1.49. The van der Waals surface area contributed by atoms with E-state index in [0.717, 1.165) is 0 Å². The summed E-state index contributed by atoms with van der Waals surface area (Å²) in [5.41, 5.74) is 7.04. The van der Waals surface area contributed by atoms with Crippen molar-refractivity contribution in [3.63, 3.8) is 0 Å².